The van der Waals surface area contributed by atoms with Crippen LogP contribution in [0.3, 0.4) is 0 Å². The lowest BCUT2D eigenvalue weighted by molar-refractivity contribution is -0.116. The van der Waals surface area contributed by atoms with Gasteiger partial charge in [0.15, 0.2) is 0 Å². The van der Waals surface area contributed by atoms with Crippen LogP contribution < -0.4 is 10.9 Å². The summed E-state index contributed by atoms with van der Waals surface area (Å²) in [4.78, 5) is 27.5. The Kier molecular flexibility index (Phi) is 6.21. The van der Waals surface area contributed by atoms with E-state index in [2.05, 4.69) is 22.4 Å². The van der Waals surface area contributed by atoms with E-state index in [1.54, 1.807) is 0 Å². The van der Waals surface area contributed by atoms with Crippen molar-refractivity contribution in [1.29, 1.82) is 0 Å². The molecule has 1 amide bonds. The van der Waals surface area contributed by atoms with Crippen LogP contribution in [-0.4, -0.2) is 10.9 Å². The molecule has 27 heavy (non-hydrogen) atoms. The van der Waals surface area contributed by atoms with Crippen LogP contribution in [-0.2, 0) is 17.6 Å². The predicted molar refractivity (Wildman–Crippen MR) is 109 cm³/mol. The number of benzene rings is 2. The number of aryl methyl sites for hydroxylation is 2. The van der Waals surface area contributed by atoms with Crippen molar-refractivity contribution in [2.45, 2.75) is 32.6 Å². The Hall–Kier alpha value is -3.14. The number of hydrogen-bond donors (Lipinski definition) is 2. The first-order chi connectivity index (χ1) is 13.1. The van der Waals surface area contributed by atoms with Crippen LogP contribution in [0.1, 0.15) is 35.2 Å². The molecule has 2 N–H and O–H groups in total. The quantitative estimate of drug-likeness (QED) is 0.662. The lowest BCUT2D eigenvalue weighted by Gasteiger charge is -2.10. The second-order valence-corrected chi connectivity index (χ2v) is 6.73. The fourth-order valence-corrected chi connectivity index (χ4v) is 3.12. The van der Waals surface area contributed by atoms with Crippen LogP contribution >= 0.6 is 0 Å². The van der Waals surface area contributed by atoms with Crippen LogP contribution in [0.15, 0.2) is 71.5 Å². The summed E-state index contributed by atoms with van der Waals surface area (Å²) < 4.78 is 0. The molecule has 0 bridgehead atoms. The van der Waals surface area contributed by atoms with Crippen molar-refractivity contribution < 1.29 is 4.79 Å². The number of aromatic amines is 1. The molecular formula is C23H24N2O2. The third kappa shape index (κ3) is 5.42. The molecule has 1 heterocycles. The standard InChI is InChI=1S/C23H24N2O2/c1-17-15-20(16-19-11-6-3-7-12-19)24-23(27)22(17)25-21(26)14-8-13-18-9-4-2-5-10-18/h2-7,9-12,15H,8,13-14,16H2,1H3,(H,24,27)(H,25,26). The summed E-state index contributed by atoms with van der Waals surface area (Å²) in [7, 11) is 0. The van der Waals surface area contributed by atoms with Crippen molar-refractivity contribution in [1.82, 2.24) is 4.98 Å². The maximum absolute atomic E-state index is 12.4. The minimum atomic E-state index is -0.252. The fraction of sp³-hybridized carbons (Fsp3) is 0.217. The van der Waals surface area contributed by atoms with E-state index in [4.69, 9.17) is 0 Å². The number of carbonyl (C=O) groups excluding carboxylic acids is 1. The topological polar surface area (TPSA) is 62.0 Å². The predicted octanol–water partition coefficient (Wildman–Crippen LogP) is 4.24. The molecule has 0 fully saturated rings. The molecule has 0 radical (unpaired) electrons. The number of pyridine rings is 1. The normalized spacial score (nSPS) is 10.6. The van der Waals surface area contributed by atoms with Gasteiger partial charge >= 0.3 is 0 Å². The summed E-state index contributed by atoms with van der Waals surface area (Å²) >= 11 is 0. The molecule has 4 nitrogen and oxygen atoms in total. The van der Waals surface area contributed by atoms with Crippen LogP contribution in [0, 0.1) is 6.92 Å². The smallest absolute Gasteiger partial charge is 0.272 e. The molecule has 0 saturated carbocycles. The molecule has 0 aliphatic rings. The highest BCUT2D eigenvalue weighted by atomic mass is 16.2. The van der Waals surface area contributed by atoms with E-state index >= 15 is 0 Å². The van der Waals surface area contributed by atoms with Gasteiger partial charge in [-0.05, 0) is 42.5 Å². The van der Waals surface area contributed by atoms with Crippen LogP contribution in [0.2, 0.25) is 0 Å². The average Bonchev–Trinajstić information content (AvgIpc) is 2.66. The van der Waals surface area contributed by atoms with E-state index < -0.39 is 0 Å². The number of aromatic nitrogens is 1. The second-order valence-electron chi connectivity index (χ2n) is 6.73. The van der Waals surface area contributed by atoms with E-state index in [9.17, 15) is 9.59 Å². The lowest BCUT2D eigenvalue weighted by atomic mass is 10.1. The minimum absolute atomic E-state index is 0.129. The maximum Gasteiger partial charge on any atom is 0.272 e. The molecule has 3 aromatic rings. The van der Waals surface area contributed by atoms with Crippen molar-refractivity contribution in [2.24, 2.45) is 0 Å². The van der Waals surface area contributed by atoms with E-state index in [1.165, 1.54) is 5.56 Å². The molecule has 0 saturated heterocycles. The number of anilines is 1. The Morgan fingerprint density at radius 3 is 2.22 bits per heavy atom. The molecular weight excluding hydrogens is 336 g/mol. The van der Waals surface area contributed by atoms with Gasteiger partial charge in [-0.1, -0.05) is 60.7 Å². The Morgan fingerprint density at radius 2 is 1.59 bits per heavy atom. The van der Waals surface area contributed by atoms with Gasteiger partial charge in [0.25, 0.3) is 5.56 Å². The zero-order valence-corrected chi connectivity index (χ0v) is 15.5. The monoisotopic (exact) mass is 360 g/mol. The van der Waals surface area contributed by atoms with Crippen molar-refractivity contribution >= 4 is 11.6 Å². The summed E-state index contributed by atoms with van der Waals surface area (Å²) in [5, 5.41) is 2.77. The Balaban J connectivity index is 1.59. The molecule has 0 unspecified atom stereocenters. The molecule has 1 aromatic heterocycles. The summed E-state index contributed by atoms with van der Waals surface area (Å²) in [5.41, 5.74) is 4.05. The summed E-state index contributed by atoms with van der Waals surface area (Å²) in [5.74, 6) is -0.129. The number of H-pyrrole nitrogens is 1. The molecule has 0 aliphatic heterocycles. The molecule has 0 aliphatic carbocycles. The molecule has 138 valence electrons. The average molecular weight is 360 g/mol. The molecule has 3 rings (SSSR count). The van der Waals surface area contributed by atoms with E-state index in [1.807, 2.05) is 61.5 Å². The number of amides is 1. The molecule has 0 spiro atoms. The van der Waals surface area contributed by atoms with Crippen molar-refractivity contribution in [2.75, 3.05) is 5.32 Å². The van der Waals surface area contributed by atoms with Crippen LogP contribution in [0.4, 0.5) is 5.69 Å². The van der Waals surface area contributed by atoms with Crippen molar-refractivity contribution in [3.8, 4) is 0 Å². The van der Waals surface area contributed by atoms with Gasteiger partial charge in [0.05, 0.1) is 0 Å². The first-order valence-electron chi connectivity index (χ1n) is 9.22. The first kappa shape index (κ1) is 18.6. The van der Waals surface area contributed by atoms with E-state index in [0.29, 0.717) is 18.5 Å². The van der Waals surface area contributed by atoms with E-state index in [0.717, 1.165) is 29.7 Å². The highest BCUT2D eigenvalue weighted by Crippen LogP contribution is 2.14. The Labute approximate surface area is 159 Å². The number of carbonyl (C=O) groups is 1. The SMILES string of the molecule is Cc1cc(Cc2ccccc2)[nH]c(=O)c1NC(=O)CCCc1ccccc1. The van der Waals surface area contributed by atoms with Gasteiger partial charge in [-0.3, -0.25) is 9.59 Å². The number of rotatable bonds is 7. The van der Waals surface area contributed by atoms with Gasteiger partial charge in [-0.2, -0.15) is 0 Å². The number of nitrogens with one attached hydrogen (secondary N) is 2. The second kappa shape index (κ2) is 8.99. The third-order valence-corrected chi connectivity index (χ3v) is 4.50. The highest BCUT2D eigenvalue weighted by Gasteiger charge is 2.10. The zero-order chi connectivity index (χ0) is 19.1. The van der Waals surface area contributed by atoms with Gasteiger partial charge in [0.1, 0.15) is 5.69 Å². The van der Waals surface area contributed by atoms with E-state index in [-0.39, 0.29) is 11.5 Å². The van der Waals surface area contributed by atoms with Crippen LogP contribution in [0.25, 0.3) is 0 Å². The van der Waals surface area contributed by atoms with Gasteiger partial charge in [-0.25, -0.2) is 0 Å². The summed E-state index contributed by atoms with van der Waals surface area (Å²) in [6.07, 6.45) is 2.64. The zero-order valence-electron chi connectivity index (χ0n) is 15.5. The van der Waals surface area contributed by atoms with Crippen LogP contribution in [0.5, 0.6) is 0 Å². The van der Waals surface area contributed by atoms with Gasteiger partial charge in [0.2, 0.25) is 5.91 Å². The van der Waals surface area contributed by atoms with Crippen molar-refractivity contribution in [3.05, 3.63) is 99.5 Å². The lowest BCUT2D eigenvalue weighted by Crippen LogP contribution is -2.22. The fourth-order valence-electron chi connectivity index (χ4n) is 3.12. The molecule has 4 heteroatoms. The van der Waals surface area contributed by atoms with Crippen molar-refractivity contribution in [3.63, 3.8) is 0 Å². The summed E-state index contributed by atoms with van der Waals surface area (Å²) in [6.45, 7) is 1.85. The van der Waals surface area contributed by atoms with Gasteiger partial charge < -0.3 is 10.3 Å². The maximum atomic E-state index is 12.4. The molecule has 2 aromatic carbocycles. The number of hydrogen-bond acceptors (Lipinski definition) is 2. The largest absolute Gasteiger partial charge is 0.324 e. The first-order valence-corrected chi connectivity index (χ1v) is 9.22. The highest BCUT2D eigenvalue weighted by molar-refractivity contribution is 5.91. The van der Waals surface area contributed by atoms with Gasteiger partial charge in [0, 0.05) is 18.5 Å². The van der Waals surface area contributed by atoms with Gasteiger partial charge in [-0.15, -0.1) is 0 Å². The third-order valence-electron chi connectivity index (χ3n) is 4.50. The molecule has 0 atom stereocenters. The summed E-state index contributed by atoms with van der Waals surface area (Å²) in [6, 6.07) is 22.0. The Bertz CT molecular complexity index is 947. The minimum Gasteiger partial charge on any atom is -0.324 e. The Morgan fingerprint density at radius 1 is 0.963 bits per heavy atom.